The van der Waals surface area contributed by atoms with E-state index < -0.39 is 11.4 Å². The van der Waals surface area contributed by atoms with Gasteiger partial charge in [0.2, 0.25) is 0 Å². The predicted octanol–water partition coefficient (Wildman–Crippen LogP) is 2.76. The first-order valence-corrected chi connectivity index (χ1v) is 7.50. The quantitative estimate of drug-likeness (QED) is 0.726. The van der Waals surface area contributed by atoms with Gasteiger partial charge < -0.3 is 15.7 Å². The van der Waals surface area contributed by atoms with Crippen molar-refractivity contribution < 1.29 is 14.7 Å². The molecule has 0 heterocycles. The summed E-state index contributed by atoms with van der Waals surface area (Å²) in [5.74, 6) is -0.785. The Morgan fingerprint density at radius 2 is 1.70 bits per heavy atom. The van der Waals surface area contributed by atoms with Crippen molar-refractivity contribution in [1.82, 2.24) is 10.6 Å². The van der Waals surface area contributed by atoms with Crippen LogP contribution in [-0.4, -0.2) is 30.2 Å². The van der Waals surface area contributed by atoms with Crippen molar-refractivity contribution in [3.05, 3.63) is 0 Å². The second-order valence-electron chi connectivity index (χ2n) is 7.07. The highest BCUT2D eigenvalue weighted by Gasteiger charge is 2.39. The van der Waals surface area contributed by atoms with Crippen LogP contribution < -0.4 is 10.6 Å². The molecule has 0 spiro atoms. The zero-order chi connectivity index (χ0) is 15.2. The predicted molar refractivity (Wildman–Crippen MR) is 78.6 cm³/mol. The van der Waals surface area contributed by atoms with Gasteiger partial charge in [0.25, 0.3) is 0 Å². The highest BCUT2D eigenvalue weighted by atomic mass is 16.4. The Morgan fingerprint density at radius 3 is 2.20 bits per heavy atom. The third kappa shape index (κ3) is 5.39. The third-order valence-corrected chi connectivity index (χ3v) is 4.01. The maximum Gasteiger partial charge on any atom is 0.314 e. The fraction of sp³-hybridized carbons (Fsp3) is 0.867. The topological polar surface area (TPSA) is 78.4 Å². The number of carbonyl (C=O) groups is 2. The maximum atomic E-state index is 11.7. The van der Waals surface area contributed by atoms with Crippen LogP contribution in [-0.2, 0) is 4.79 Å². The van der Waals surface area contributed by atoms with Crippen molar-refractivity contribution in [2.75, 3.05) is 13.1 Å². The highest BCUT2D eigenvalue weighted by Crippen LogP contribution is 2.35. The lowest BCUT2D eigenvalue weighted by molar-refractivity contribution is -0.150. The van der Waals surface area contributed by atoms with Crippen LogP contribution in [0.15, 0.2) is 0 Å². The van der Waals surface area contributed by atoms with Gasteiger partial charge in [0.05, 0.1) is 5.41 Å². The lowest BCUT2D eigenvalue weighted by Crippen LogP contribution is -2.47. The molecule has 20 heavy (non-hydrogen) atoms. The molecule has 0 aromatic carbocycles. The Balaban J connectivity index is 2.36. The number of hydrogen-bond acceptors (Lipinski definition) is 2. The van der Waals surface area contributed by atoms with E-state index in [1.807, 2.05) is 0 Å². The zero-order valence-corrected chi connectivity index (χ0v) is 12.9. The van der Waals surface area contributed by atoms with Crippen molar-refractivity contribution in [3.8, 4) is 0 Å². The Bertz CT molecular complexity index is 342. The van der Waals surface area contributed by atoms with E-state index in [4.69, 9.17) is 0 Å². The summed E-state index contributed by atoms with van der Waals surface area (Å²) in [5, 5.41) is 14.9. The molecule has 3 N–H and O–H groups in total. The number of aliphatic carboxylic acids is 1. The summed E-state index contributed by atoms with van der Waals surface area (Å²) >= 11 is 0. The second kappa shape index (κ2) is 6.95. The van der Waals surface area contributed by atoms with Gasteiger partial charge >= 0.3 is 12.0 Å². The van der Waals surface area contributed by atoms with E-state index in [1.165, 1.54) is 0 Å². The van der Waals surface area contributed by atoms with E-state index in [-0.39, 0.29) is 18.0 Å². The molecule has 0 aromatic heterocycles. The maximum absolute atomic E-state index is 11.7. The van der Waals surface area contributed by atoms with Crippen LogP contribution in [0.2, 0.25) is 0 Å². The largest absolute Gasteiger partial charge is 0.481 e. The number of nitrogens with one attached hydrogen (secondary N) is 2. The molecule has 0 unspecified atom stereocenters. The van der Waals surface area contributed by atoms with Crippen LogP contribution in [0.4, 0.5) is 4.79 Å². The summed E-state index contributed by atoms with van der Waals surface area (Å²) in [6, 6.07) is -0.263. The van der Waals surface area contributed by atoms with Crippen molar-refractivity contribution >= 4 is 12.0 Å². The van der Waals surface area contributed by atoms with Gasteiger partial charge in [0, 0.05) is 13.1 Å². The van der Waals surface area contributed by atoms with Crippen molar-refractivity contribution in [3.63, 3.8) is 0 Å². The number of carbonyl (C=O) groups excluding carboxylic acids is 1. The number of carboxylic acid groups (broad SMARTS) is 1. The van der Waals surface area contributed by atoms with Crippen LogP contribution in [0.3, 0.4) is 0 Å². The van der Waals surface area contributed by atoms with Crippen LogP contribution in [0, 0.1) is 10.8 Å². The first-order valence-electron chi connectivity index (χ1n) is 7.50. The average Bonchev–Trinajstić information content (AvgIpc) is 2.36. The molecule has 1 fully saturated rings. The molecule has 0 radical (unpaired) electrons. The molecule has 0 saturated heterocycles. The summed E-state index contributed by atoms with van der Waals surface area (Å²) < 4.78 is 0. The van der Waals surface area contributed by atoms with E-state index in [0.29, 0.717) is 19.4 Å². The molecule has 2 amide bonds. The lowest BCUT2D eigenvalue weighted by Gasteiger charge is -2.33. The minimum Gasteiger partial charge on any atom is -0.481 e. The smallest absolute Gasteiger partial charge is 0.314 e. The normalized spacial score (nSPS) is 18.4. The van der Waals surface area contributed by atoms with Gasteiger partial charge in [0.1, 0.15) is 0 Å². The first kappa shape index (κ1) is 16.8. The lowest BCUT2D eigenvalue weighted by atomic mass is 9.74. The molecule has 0 aromatic rings. The van der Waals surface area contributed by atoms with Gasteiger partial charge in [0.15, 0.2) is 0 Å². The van der Waals surface area contributed by atoms with Gasteiger partial charge in [-0.3, -0.25) is 4.79 Å². The minimum atomic E-state index is -0.785. The average molecular weight is 284 g/mol. The number of rotatable bonds is 5. The molecule has 5 heteroatoms. The Morgan fingerprint density at radius 1 is 1.10 bits per heavy atom. The third-order valence-electron chi connectivity index (χ3n) is 4.01. The fourth-order valence-corrected chi connectivity index (χ4v) is 2.56. The van der Waals surface area contributed by atoms with Gasteiger partial charge in [-0.1, -0.05) is 40.0 Å². The van der Waals surface area contributed by atoms with Crippen LogP contribution in [0.25, 0.3) is 0 Å². The van der Waals surface area contributed by atoms with E-state index >= 15 is 0 Å². The summed E-state index contributed by atoms with van der Waals surface area (Å²) in [4.78, 5) is 23.2. The monoisotopic (exact) mass is 284 g/mol. The molecule has 1 rings (SSSR count). The van der Waals surface area contributed by atoms with Gasteiger partial charge in [-0.15, -0.1) is 0 Å². The molecule has 0 bridgehead atoms. The Labute approximate surface area is 121 Å². The SMILES string of the molecule is CC(C)(C)CCNC(=O)NCC1(C(=O)O)CCCCC1. The van der Waals surface area contributed by atoms with E-state index in [2.05, 4.69) is 31.4 Å². The molecule has 1 aliphatic rings. The number of carboxylic acids is 1. The molecule has 0 atom stereocenters. The first-order chi connectivity index (χ1) is 9.25. The van der Waals surface area contributed by atoms with Crippen LogP contribution in [0.1, 0.15) is 59.3 Å². The van der Waals surface area contributed by atoms with Crippen molar-refractivity contribution in [1.29, 1.82) is 0 Å². The van der Waals surface area contributed by atoms with Gasteiger partial charge in [-0.25, -0.2) is 4.79 Å². The van der Waals surface area contributed by atoms with E-state index in [9.17, 15) is 14.7 Å². The summed E-state index contributed by atoms with van der Waals surface area (Å²) in [5.41, 5.74) is -0.585. The Hall–Kier alpha value is -1.26. The van der Waals surface area contributed by atoms with E-state index in [0.717, 1.165) is 25.7 Å². The molecule has 5 nitrogen and oxygen atoms in total. The minimum absolute atomic E-state index is 0.180. The zero-order valence-electron chi connectivity index (χ0n) is 12.9. The number of hydrogen-bond donors (Lipinski definition) is 3. The van der Waals surface area contributed by atoms with Gasteiger partial charge in [-0.2, -0.15) is 0 Å². The Kier molecular flexibility index (Phi) is 5.84. The molecular formula is C15H28N2O3. The molecule has 0 aliphatic heterocycles. The summed E-state index contributed by atoms with van der Waals surface area (Å²) in [6.45, 7) is 7.19. The van der Waals surface area contributed by atoms with E-state index in [1.54, 1.807) is 0 Å². The van der Waals surface area contributed by atoms with Gasteiger partial charge in [-0.05, 0) is 24.7 Å². The molecule has 116 valence electrons. The number of urea groups is 1. The van der Waals surface area contributed by atoms with Crippen molar-refractivity contribution in [2.24, 2.45) is 10.8 Å². The highest BCUT2D eigenvalue weighted by molar-refractivity contribution is 5.78. The standard InChI is InChI=1S/C15H28N2O3/c1-14(2,3)9-10-16-13(20)17-11-15(12(18)19)7-5-4-6-8-15/h4-11H2,1-3H3,(H,18,19)(H2,16,17,20). The van der Waals surface area contributed by atoms with Crippen LogP contribution >= 0.6 is 0 Å². The number of amides is 2. The molecule has 1 saturated carbocycles. The van der Waals surface area contributed by atoms with Crippen LogP contribution in [0.5, 0.6) is 0 Å². The molecule has 1 aliphatic carbocycles. The summed E-state index contributed by atoms with van der Waals surface area (Å²) in [6.07, 6.45) is 5.16. The van der Waals surface area contributed by atoms with Crippen molar-refractivity contribution in [2.45, 2.75) is 59.3 Å². The second-order valence-corrected chi connectivity index (χ2v) is 7.07. The summed E-state index contributed by atoms with van der Waals surface area (Å²) in [7, 11) is 0. The molecular weight excluding hydrogens is 256 g/mol. The fourth-order valence-electron chi connectivity index (χ4n) is 2.56.